The molecule has 2 aromatic heterocycles. The summed E-state index contributed by atoms with van der Waals surface area (Å²) in [5.74, 6) is 0. The van der Waals surface area contributed by atoms with E-state index in [-0.39, 0.29) is 0 Å². The number of aryl methyl sites for hydroxylation is 1. The molecule has 0 aliphatic heterocycles. The van der Waals surface area contributed by atoms with Crippen LogP contribution in [0.5, 0.6) is 0 Å². The highest BCUT2D eigenvalue weighted by molar-refractivity contribution is 7.20. The molecule has 0 nitrogen and oxygen atoms in total. The minimum Gasteiger partial charge on any atom is -0.134 e. The van der Waals surface area contributed by atoms with Crippen molar-refractivity contribution in [1.82, 2.24) is 0 Å². The van der Waals surface area contributed by atoms with Gasteiger partial charge in [-0.25, -0.2) is 0 Å². The van der Waals surface area contributed by atoms with Gasteiger partial charge in [-0.05, 0) is 36.6 Å². The van der Waals surface area contributed by atoms with E-state index in [2.05, 4.69) is 29.8 Å². The van der Waals surface area contributed by atoms with Gasteiger partial charge in [0.25, 0.3) is 0 Å². The van der Waals surface area contributed by atoms with Gasteiger partial charge >= 0.3 is 0 Å². The van der Waals surface area contributed by atoms with Gasteiger partial charge in [0, 0.05) is 20.5 Å². The van der Waals surface area contributed by atoms with Gasteiger partial charge in [-0.1, -0.05) is 64.7 Å². The summed E-state index contributed by atoms with van der Waals surface area (Å²) < 4.78 is 0. The predicted octanol–water partition coefficient (Wildman–Crippen LogP) is 7.54. The SMILES string of the molecule is CCCCCCCCCCCCc1c[c]sc1-c1cc[c]s1. The molecule has 2 heteroatoms. The van der Waals surface area contributed by atoms with Crippen LogP contribution in [0.4, 0.5) is 0 Å². The summed E-state index contributed by atoms with van der Waals surface area (Å²) in [6, 6.07) is 6.38. The van der Waals surface area contributed by atoms with Crippen molar-refractivity contribution in [1.29, 1.82) is 0 Å². The Morgan fingerprint density at radius 2 is 1.50 bits per heavy atom. The van der Waals surface area contributed by atoms with Gasteiger partial charge in [-0.15, -0.1) is 22.7 Å². The Morgan fingerprint density at radius 1 is 0.818 bits per heavy atom. The van der Waals surface area contributed by atoms with Gasteiger partial charge in [0.05, 0.1) is 0 Å². The van der Waals surface area contributed by atoms with Crippen LogP contribution in [0.25, 0.3) is 9.75 Å². The highest BCUT2D eigenvalue weighted by atomic mass is 32.1. The van der Waals surface area contributed by atoms with Crippen molar-refractivity contribution in [3.8, 4) is 9.75 Å². The lowest BCUT2D eigenvalue weighted by atomic mass is 10.0. The van der Waals surface area contributed by atoms with Crippen LogP contribution in [0.1, 0.15) is 76.7 Å². The van der Waals surface area contributed by atoms with E-state index in [1.807, 2.05) is 6.07 Å². The molecular formula is C20H28S2. The maximum atomic E-state index is 3.31. The second kappa shape index (κ2) is 11.0. The molecule has 0 aliphatic carbocycles. The summed E-state index contributed by atoms with van der Waals surface area (Å²) in [4.78, 5) is 2.77. The van der Waals surface area contributed by atoms with Gasteiger partial charge in [0.2, 0.25) is 0 Å². The van der Waals surface area contributed by atoms with Gasteiger partial charge in [0.1, 0.15) is 0 Å². The molecule has 2 aromatic rings. The Morgan fingerprint density at radius 3 is 2.14 bits per heavy atom. The molecule has 0 aromatic carbocycles. The zero-order valence-corrected chi connectivity index (χ0v) is 15.5. The summed E-state index contributed by atoms with van der Waals surface area (Å²) in [5.41, 5.74) is 1.49. The summed E-state index contributed by atoms with van der Waals surface area (Å²) >= 11 is 3.47. The Balaban J connectivity index is 1.54. The van der Waals surface area contributed by atoms with Crippen molar-refractivity contribution >= 4 is 22.7 Å². The van der Waals surface area contributed by atoms with Crippen LogP contribution in [0.2, 0.25) is 0 Å². The molecule has 0 fully saturated rings. The number of unbranched alkanes of at least 4 members (excludes halogenated alkanes) is 9. The van der Waals surface area contributed by atoms with Crippen LogP contribution in [-0.2, 0) is 6.42 Å². The molecule has 0 unspecified atom stereocenters. The normalized spacial score (nSPS) is 11.1. The fourth-order valence-corrected chi connectivity index (χ4v) is 4.50. The van der Waals surface area contributed by atoms with Crippen molar-refractivity contribution < 1.29 is 0 Å². The van der Waals surface area contributed by atoms with E-state index in [0.717, 1.165) is 0 Å². The fourth-order valence-electron chi connectivity index (χ4n) is 2.85. The minimum atomic E-state index is 1.21. The first-order chi connectivity index (χ1) is 10.9. The van der Waals surface area contributed by atoms with Gasteiger partial charge < -0.3 is 0 Å². The van der Waals surface area contributed by atoms with Crippen LogP contribution in [0.3, 0.4) is 0 Å². The van der Waals surface area contributed by atoms with Crippen LogP contribution in [-0.4, -0.2) is 0 Å². The molecular weight excluding hydrogens is 304 g/mol. The lowest BCUT2D eigenvalue weighted by Crippen LogP contribution is -1.86. The standard InChI is InChI=1S/C20H28S2/c1-2-3-4-5-6-7-8-9-10-11-13-18-15-17-22-20(18)19-14-12-16-21-19/h12,14-15H,2-11,13H2,1H3. The Kier molecular flexibility index (Phi) is 8.89. The second-order valence-corrected chi connectivity index (χ2v) is 7.80. The van der Waals surface area contributed by atoms with Crippen molar-refractivity contribution in [2.24, 2.45) is 0 Å². The molecule has 0 spiro atoms. The maximum Gasteiger partial charge on any atom is 0.0481 e. The molecule has 0 saturated heterocycles. The smallest absolute Gasteiger partial charge is 0.0481 e. The lowest BCUT2D eigenvalue weighted by molar-refractivity contribution is 0.556. The minimum absolute atomic E-state index is 1.21. The third kappa shape index (κ3) is 6.26. The number of thiophene rings is 2. The summed E-state index contributed by atoms with van der Waals surface area (Å²) in [6.45, 7) is 2.29. The average molecular weight is 333 g/mol. The highest BCUT2D eigenvalue weighted by Gasteiger charge is 2.07. The van der Waals surface area contributed by atoms with Crippen LogP contribution >= 0.6 is 22.7 Å². The molecule has 0 aliphatic rings. The van der Waals surface area contributed by atoms with Crippen LogP contribution < -0.4 is 0 Å². The Hall–Kier alpha value is -0.600. The predicted molar refractivity (Wildman–Crippen MR) is 101 cm³/mol. The molecule has 0 bridgehead atoms. The third-order valence-electron chi connectivity index (χ3n) is 4.18. The maximum absolute atomic E-state index is 3.31. The van der Waals surface area contributed by atoms with E-state index in [1.165, 1.54) is 85.9 Å². The molecule has 0 N–H and O–H groups in total. The molecule has 0 atom stereocenters. The molecule has 0 amide bonds. The van der Waals surface area contributed by atoms with E-state index < -0.39 is 0 Å². The first-order valence-corrected chi connectivity index (χ1v) is 10.5. The van der Waals surface area contributed by atoms with E-state index in [4.69, 9.17) is 0 Å². The van der Waals surface area contributed by atoms with E-state index in [0.29, 0.717) is 0 Å². The molecule has 22 heavy (non-hydrogen) atoms. The van der Waals surface area contributed by atoms with E-state index in [9.17, 15) is 0 Å². The van der Waals surface area contributed by atoms with Crippen LogP contribution in [0, 0.1) is 10.8 Å². The first-order valence-electron chi connectivity index (χ1n) is 8.87. The fraction of sp³-hybridized carbons (Fsp3) is 0.600. The third-order valence-corrected chi connectivity index (χ3v) is 6.05. The zero-order chi connectivity index (χ0) is 15.5. The van der Waals surface area contributed by atoms with Crippen molar-refractivity contribution in [2.45, 2.75) is 77.6 Å². The zero-order valence-electron chi connectivity index (χ0n) is 13.8. The topological polar surface area (TPSA) is 0 Å². The van der Waals surface area contributed by atoms with Crippen LogP contribution in [0.15, 0.2) is 18.2 Å². The monoisotopic (exact) mass is 332 g/mol. The molecule has 2 radical (unpaired) electrons. The molecule has 2 rings (SSSR count). The average Bonchev–Trinajstić information content (AvgIpc) is 3.19. The second-order valence-electron chi connectivity index (χ2n) is 6.07. The van der Waals surface area contributed by atoms with Gasteiger partial charge in [0.15, 0.2) is 0 Å². The number of hydrogen-bond acceptors (Lipinski definition) is 2. The van der Waals surface area contributed by atoms with Crippen molar-refractivity contribution in [3.63, 3.8) is 0 Å². The molecule has 0 saturated carbocycles. The van der Waals surface area contributed by atoms with E-state index in [1.54, 1.807) is 22.7 Å². The summed E-state index contributed by atoms with van der Waals surface area (Å²) in [7, 11) is 0. The lowest BCUT2D eigenvalue weighted by Gasteiger charge is -2.03. The Labute approximate surface area is 144 Å². The first kappa shape index (κ1) is 17.7. The number of rotatable bonds is 12. The van der Waals surface area contributed by atoms with Crippen molar-refractivity contribution in [3.05, 3.63) is 34.5 Å². The van der Waals surface area contributed by atoms with Gasteiger partial charge in [-0.2, -0.15) is 0 Å². The quantitative estimate of drug-likeness (QED) is 0.352. The summed E-state index contributed by atoms with van der Waals surface area (Å²) in [5, 5.41) is 6.49. The highest BCUT2D eigenvalue weighted by Crippen LogP contribution is 2.33. The van der Waals surface area contributed by atoms with Gasteiger partial charge in [-0.3, -0.25) is 0 Å². The largest absolute Gasteiger partial charge is 0.134 e. The Bertz CT molecular complexity index is 482. The number of hydrogen-bond donors (Lipinski definition) is 0. The molecule has 120 valence electrons. The molecule has 2 heterocycles. The summed E-state index contributed by atoms with van der Waals surface area (Å²) in [6.07, 6.45) is 15.3. The van der Waals surface area contributed by atoms with E-state index >= 15 is 0 Å². The van der Waals surface area contributed by atoms with Crippen molar-refractivity contribution in [2.75, 3.05) is 0 Å².